The first-order valence-electron chi connectivity index (χ1n) is 8.08. The molecule has 0 spiro atoms. The molecule has 0 aliphatic carbocycles. The van der Waals surface area contributed by atoms with Crippen LogP contribution in [0.2, 0.25) is 0 Å². The third-order valence-electron chi connectivity index (χ3n) is 4.54. The molecule has 0 bridgehead atoms. The van der Waals surface area contributed by atoms with Crippen LogP contribution in [-0.4, -0.2) is 77.2 Å². The second-order valence-corrected chi connectivity index (χ2v) is 8.04. The number of likely N-dealkylation sites (N-methyl/N-ethyl adjacent to an activating group) is 1. The number of anilines is 1. The molecular formula is C16H22N4O3S. The first-order valence-corrected chi connectivity index (χ1v) is 9.52. The van der Waals surface area contributed by atoms with Crippen LogP contribution in [0.15, 0.2) is 23.1 Å². The monoisotopic (exact) mass is 350 g/mol. The first-order chi connectivity index (χ1) is 11.5. The van der Waals surface area contributed by atoms with Crippen LogP contribution >= 0.6 is 0 Å². The predicted octanol–water partition coefficient (Wildman–Crippen LogP) is 0.331. The van der Waals surface area contributed by atoms with E-state index in [0.29, 0.717) is 31.9 Å². The summed E-state index contributed by atoms with van der Waals surface area (Å²) in [6.45, 7) is 5.04. The van der Waals surface area contributed by atoms with Gasteiger partial charge in [-0.2, -0.15) is 9.57 Å². The maximum atomic E-state index is 12.7. The van der Waals surface area contributed by atoms with Crippen molar-refractivity contribution in [1.29, 1.82) is 5.26 Å². The summed E-state index contributed by atoms with van der Waals surface area (Å²) in [4.78, 5) is 4.56. The predicted molar refractivity (Wildman–Crippen MR) is 90.4 cm³/mol. The smallest absolute Gasteiger partial charge is 0.243 e. The Labute approximate surface area is 143 Å². The molecule has 1 aromatic carbocycles. The normalized spacial score (nSPS) is 20.8. The molecule has 2 aliphatic heterocycles. The largest absolute Gasteiger partial charge is 0.379 e. The molecule has 2 fully saturated rings. The van der Waals surface area contributed by atoms with Gasteiger partial charge >= 0.3 is 0 Å². The van der Waals surface area contributed by atoms with E-state index in [1.165, 1.54) is 10.4 Å². The molecule has 8 heteroatoms. The standard InChI is InChI=1S/C16H22N4O3S/c1-18-4-6-19(7-5-18)16-3-2-15(12-14(16)13-17)24(21,22)20-8-10-23-11-9-20/h2-3,12H,4-11H2,1H3. The van der Waals surface area contributed by atoms with Crippen LogP contribution in [-0.2, 0) is 14.8 Å². The topological polar surface area (TPSA) is 76.9 Å². The van der Waals surface area contributed by atoms with E-state index in [1.54, 1.807) is 12.1 Å². The molecule has 130 valence electrons. The van der Waals surface area contributed by atoms with Crippen LogP contribution in [0.3, 0.4) is 0 Å². The zero-order valence-electron chi connectivity index (χ0n) is 13.8. The Hall–Kier alpha value is -1.66. The summed E-state index contributed by atoms with van der Waals surface area (Å²) >= 11 is 0. The van der Waals surface area contributed by atoms with E-state index in [0.717, 1.165) is 31.9 Å². The lowest BCUT2D eigenvalue weighted by atomic mass is 10.1. The van der Waals surface area contributed by atoms with Gasteiger partial charge in [-0.15, -0.1) is 0 Å². The molecule has 0 amide bonds. The highest BCUT2D eigenvalue weighted by molar-refractivity contribution is 7.89. The lowest BCUT2D eigenvalue weighted by molar-refractivity contribution is 0.0730. The van der Waals surface area contributed by atoms with Crippen LogP contribution in [0.1, 0.15) is 5.56 Å². The van der Waals surface area contributed by atoms with Gasteiger partial charge in [0.05, 0.1) is 29.4 Å². The van der Waals surface area contributed by atoms with Crippen molar-refractivity contribution < 1.29 is 13.2 Å². The van der Waals surface area contributed by atoms with Gasteiger partial charge in [0, 0.05) is 39.3 Å². The minimum atomic E-state index is -3.58. The highest BCUT2D eigenvalue weighted by Gasteiger charge is 2.27. The number of nitrogens with zero attached hydrogens (tertiary/aromatic N) is 4. The highest BCUT2D eigenvalue weighted by atomic mass is 32.2. The van der Waals surface area contributed by atoms with Crippen LogP contribution < -0.4 is 4.90 Å². The Morgan fingerprint density at radius 2 is 1.75 bits per heavy atom. The van der Waals surface area contributed by atoms with Gasteiger partial charge in [-0.3, -0.25) is 0 Å². The molecular weight excluding hydrogens is 328 g/mol. The van der Waals surface area contributed by atoms with Gasteiger partial charge in [0.25, 0.3) is 0 Å². The third-order valence-corrected chi connectivity index (χ3v) is 6.43. The Morgan fingerprint density at radius 3 is 2.38 bits per heavy atom. The Balaban J connectivity index is 1.87. The summed E-state index contributed by atoms with van der Waals surface area (Å²) in [5.41, 5.74) is 1.22. The first kappa shape index (κ1) is 17.2. The molecule has 0 radical (unpaired) electrons. The quantitative estimate of drug-likeness (QED) is 0.782. The fraction of sp³-hybridized carbons (Fsp3) is 0.562. The number of hydrogen-bond acceptors (Lipinski definition) is 6. The number of ether oxygens (including phenoxy) is 1. The minimum Gasteiger partial charge on any atom is -0.379 e. The van der Waals surface area contributed by atoms with Crippen molar-refractivity contribution in [3.05, 3.63) is 23.8 Å². The van der Waals surface area contributed by atoms with Crippen LogP contribution in [0.5, 0.6) is 0 Å². The lowest BCUT2D eigenvalue weighted by Gasteiger charge is -2.34. The van der Waals surface area contributed by atoms with Crippen molar-refractivity contribution in [2.45, 2.75) is 4.90 Å². The fourth-order valence-corrected chi connectivity index (χ4v) is 4.46. The van der Waals surface area contributed by atoms with Gasteiger partial charge in [0.2, 0.25) is 10.0 Å². The summed E-state index contributed by atoms with van der Waals surface area (Å²) in [5.74, 6) is 0. The molecule has 0 saturated carbocycles. The summed E-state index contributed by atoms with van der Waals surface area (Å²) in [7, 11) is -1.51. The van der Waals surface area contributed by atoms with E-state index >= 15 is 0 Å². The van der Waals surface area contributed by atoms with Gasteiger partial charge in [-0.1, -0.05) is 0 Å². The zero-order valence-corrected chi connectivity index (χ0v) is 14.6. The Bertz CT molecular complexity index is 730. The molecule has 0 N–H and O–H groups in total. The number of nitriles is 1. The van der Waals surface area contributed by atoms with E-state index < -0.39 is 10.0 Å². The average molecular weight is 350 g/mol. The summed E-state index contributed by atoms with van der Waals surface area (Å²) < 4.78 is 32.1. The molecule has 0 atom stereocenters. The minimum absolute atomic E-state index is 0.179. The van der Waals surface area contributed by atoms with E-state index in [9.17, 15) is 13.7 Å². The molecule has 24 heavy (non-hydrogen) atoms. The van der Waals surface area contributed by atoms with Crippen LogP contribution in [0, 0.1) is 11.3 Å². The number of rotatable bonds is 3. The van der Waals surface area contributed by atoms with Crippen LogP contribution in [0.25, 0.3) is 0 Å². The van der Waals surface area contributed by atoms with E-state index in [4.69, 9.17) is 4.74 Å². The zero-order chi connectivity index (χ0) is 17.2. The van der Waals surface area contributed by atoms with Crippen molar-refractivity contribution in [3.63, 3.8) is 0 Å². The third kappa shape index (κ3) is 3.39. The molecule has 0 aromatic heterocycles. The maximum absolute atomic E-state index is 12.7. The van der Waals surface area contributed by atoms with Crippen molar-refractivity contribution in [1.82, 2.24) is 9.21 Å². The van der Waals surface area contributed by atoms with Crippen molar-refractivity contribution in [2.75, 3.05) is 64.4 Å². The molecule has 3 rings (SSSR count). The second kappa shape index (κ2) is 7.07. The number of sulfonamides is 1. The average Bonchev–Trinajstić information content (AvgIpc) is 2.62. The number of morpholine rings is 1. The molecule has 7 nitrogen and oxygen atoms in total. The van der Waals surface area contributed by atoms with E-state index in [1.807, 2.05) is 0 Å². The summed E-state index contributed by atoms with van der Waals surface area (Å²) in [6, 6.07) is 7.03. The van der Waals surface area contributed by atoms with Crippen LogP contribution in [0.4, 0.5) is 5.69 Å². The highest BCUT2D eigenvalue weighted by Crippen LogP contribution is 2.26. The number of benzene rings is 1. The summed E-state index contributed by atoms with van der Waals surface area (Å²) in [5, 5.41) is 9.49. The number of hydrogen-bond donors (Lipinski definition) is 0. The Morgan fingerprint density at radius 1 is 1.08 bits per heavy atom. The van der Waals surface area contributed by atoms with Crippen molar-refractivity contribution in [2.24, 2.45) is 0 Å². The van der Waals surface area contributed by atoms with Gasteiger partial charge in [0.15, 0.2) is 0 Å². The summed E-state index contributed by atoms with van der Waals surface area (Å²) in [6.07, 6.45) is 0. The molecule has 1 aromatic rings. The molecule has 0 unspecified atom stereocenters. The molecule has 2 saturated heterocycles. The Kier molecular flexibility index (Phi) is 5.06. The van der Waals surface area contributed by atoms with Gasteiger partial charge in [-0.25, -0.2) is 8.42 Å². The fourth-order valence-electron chi connectivity index (χ4n) is 3.02. The second-order valence-electron chi connectivity index (χ2n) is 6.10. The van der Waals surface area contributed by atoms with Gasteiger partial charge < -0.3 is 14.5 Å². The van der Waals surface area contributed by atoms with Crippen molar-refractivity contribution in [3.8, 4) is 6.07 Å². The lowest BCUT2D eigenvalue weighted by Crippen LogP contribution is -2.44. The van der Waals surface area contributed by atoms with Gasteiger partial charge in [0.1, 0.15) is 6.07 Å². The van der Waals surface area contributed by atoms with Crippen molar-refractivity contribution >= 4 is 15.7 Å². The number of piperazine rings is 1. The maximum Gasteiger partial charge on any atom is 0.243 e. The molecule has 2 aliphatic rings. The van der Waals surface area contributed by atoms with E-state index in [-0.39, 0.29) is 4.90 Å². The van der Waals surface area contributed by atoms with E-state index in [2.05, 4.69) is 22.9 Å². The molecule has 2 heterocycles. The SMILES string of the molecule is CN1CCN(c2ccc(S(=O)(=O)N3CCOCC3)cc2C#N)CC1. The van der Waals surface area contributed by atoms with Gasteiger partial charge in [-0.05, 0) is 25.2 Å².